The van der Waals surface area contributed by atoms with Crippen molar-refractivity contribution in [1.29, 1.82) is 0 Å². The number of carboxylic acid groups (broad SMARTS) is 1. The maximum absolute atomic E-state index is 14.7. The van der Waals surface area contributed by atoms with Crippen LogP contribution in [0.25, 0.3) is 0 Å². The first-order valence-corrected chi connectivity index (χ1v) is 9.38. The topological polar surface area (TPSA) is 128 Å². The molecular weight excluding hydrogens is 449 g/mol. The Labute approximate surface area is 177 Å². The van der Waals surface area contributed by atoms with Crippen molar-refractivity contribution in [3.63, 3.8) is 0 Å². The number of ether oxygens (including phenoxy) is 1. The molecule has 8 nitrogen and oxygen atoms in total. The number of alkyl halides is 2. The summed E-state index contributed by atoms with van der Waals surface area (Å²) in [5.74, 6) is -5.13. The lowest BCUT2D eigenvalue weighted by molar-refractivity contribution is -0.122. The van der Waals surface area contributed by atoms with E-state index in [1.54, 1.807) is 0 Å². The van der Waals surface area contributed by atoms with E-state index in [0.29, 0.717) is 5.56 Å². The van der Waals surface area contributed by atoms with E-state index in [0.717, 1.165) is 24.5 Å². The average Bonchev–Trinajstić information content (AvgIpc) is 3.06. The Bertz CT molecular complexity index is 972. The first-order chi connectivity index (χ1) is 14.0. The van der Waals surface area contributed by atoms with Gasteiger partial charge in [-0.15, -0.1) is 0 Å². The summed E-state index contributed by atoms with van der Waals surface area (Å²) in [5.41, 5.74) is 3.25. The van der Waals surface area contributed by atoms with Crippen LogP contribution in [0.15, 0.2) is 23.2 Å². The number of aromatic nitrogens is 2. The molecule has 1 aliphatic heterocycles. The Kier molecular flexibility index (Phi) is 7.50. The molecule has 0 amide bonds. The van der Waals surface area contributed by atoms with E-state index in [-0.39, 0.29) is 41.2 Å². The van der Waals surface area contributed by atoms with Gasteiger partial charge in [-0.3, -0.25) is 14.6 Å². The summed E-state index contributed by atoms with van der Waals surface area (Å²) in [5, 5.41) is 6.89. The molecule has 0 radical (unpaired) electrons. The molecule has 0 fully saturated rings. The van der Waals surface area contributed by atoms with Crippen LogP contribution in [-0.4, -0.2) is 51.7 Å². The van der Waals surface area contributed by atoms with Gasteiger partial charge < -0.3 is 15.6 Å². The smallest absolute Gasteiger partial charge is 0.299 e. The Hall–Kier alpha value is -2.57. The van der Waals surface area contributed by atoms with Gasteiger partial charge in [0.25, 0.3) is 12.4 Å². The molecule has 0 saturated carbocycles. The third-order valence-corrected chi connectivity index (χ3v) is 4.98. The minimum Gasteiger partial charge on any atom is -0.483 e. The zero-order valence-corrected chi connectivity index (χ0v) is 17.0. The average molecular weight is 465 g/mol. The van der Waals surface area contributed by atoms with Crippen molar-refractivity contribution in [3.8, 4) is 0 Å². The lowest BCUT2D eigenvalue weighted by Crippen LogP contribution is -2.45. The molecule has 2 heterocycles. The highest BCUT2D eigenvalue weighted by molar-refractivity contribution is 7.10. The van der Waals surface area contributed by atoms with E-state index in [4.69, 9.17) is 32.0 Å². The fourth-order valence-electron chi connectivity index (χ4n) is 2.72. The molecule has 1 aromatic carbocycles. The van der Waals surface area contributed by atoms with Crippen LogP contribution >= 0.6 is 23.1 Å². The van der Waals surface area contributed by atoms with Gasteiger partial charge in [-0.05, 0) is 47.8 Å². The number of ketones is 1. The first-order valence-electron chi connectivity index (χ1n) is 8.23. The predicted octanol–water partition coefficient (Wildman–Crippen LogP) is 2.69. The fraction of sp³-hybridized carbons (Fsp3) is 0.353. The maximum atomic E-state index is 14.7. The number of hydrogen-bond acceptors (Lipinski definition) is 8. The minimum absolute atomic E-state index is 0.0856. The Morgan fingerprint density at radius 3 is 2.73 bits per heavy atom. The van der Waals surface area contributed by atoms with Gasteiger partial charge in [-0.25, -0.2) is 18.2 Å². The van der Waals surface area contributed by atoms with E-state index in [2.05, 4.69) is 14.3 Å². The van der Waals surface area contributed by atoms with Crippen molar-refractivity contribution in [2.45, 2.75) is 24.8 Å². The molecule has 2 aromatic rings. The van der Waals surface area contributed by atoms with E-state index < -0.39 is 29.7 Å². The first kappa shape index (κ1) is 23.7. The van der Waals surface area contributed by atoms with E-state index in [1.165, 1.54) is 12.1 Å². The van der Waals surface area contributed by atoms with Crippen LogP contribution in [0.1, 0.15) is 28.7 Å². The summed E-state index contributed by atoms with van der Waals surface area (Å²) >= 11 is 6.51. The van der Waals surface area contributed by atoms with Gasteiger partial charge in [0.15, 0.2) is 5.54 Å². The quantitative estimate of drug-likeness (QED) is 0.526. The standard InChI is InChI=1S/C16H14ClF3N4O2S.CH2O2/c1-15(16(19,20)7-26-6-12(21)23-15)9-4-8(2-3-10(9)18)5-11(25)13-22-14(17)27-24-13;2-1-3/h2-4H,5-7H2,1H3,(H2,21,23);1H,(H,2,3)/t15-;/m1./s1. The number of halogens is 4. The van der Waals surface area contributed by atoms with Gasteiger partial charge in [0, 0.05) is 12.0 Å². The third kappa shape index (κ3) is 5.12. The normalized spacial score (nSPS) is 20.4. The highest BCUT2D eigenvalue weighted by atomic mass is 35.5. The number of carbonyl (C=O) groups is 2. The van der Waals surface area contributed by atoms with Crippen molar-refractivity contribution >= 4 is 41.2 Å². The van der Waals surface area contributed by atoms with Crippen molar-refractivity contribution in [3.05, 3.63) is 45.4 Å². The molecule has 0 unspecified atom stereocenters. The summed E-state index contributed by atoms with van der Waals surface area (Å²) in [6, 6.07) is 3.52. The predicted molar refractivity (Wildman–Crippen MR) is 103 cm³/mol. The van der Waals surface area contributed by atoms with Crippen molar-refractivity contribution in [1.82, 2.24) is 9.36 Å². The number of nitrogens with zero attached hydrogens (tertiary/aromatic N) is 3. The summed E-state index contributed by atoms with van der Waals surface area (Å²) in [6.07, 6.45) is -0.211. The number of Topliss-reactive ketones (excluding diaryl/α,β-unsaturated/α-hetero) is 1. The number of amidine groups is 1. The van der Waals surface area contributed by atoms with E-state index in [9.17, 15) is 18.0 Å². The lowest BCUT2D eigenvalue weighted by atomic mass is 9.84. The van der Waals surface area contributed by atoms with Crippen LogP contribution in [0, 0.1) is 5.82 Å². The lowest BCUT2D eigenvalue weighted by Gasteiger charge is -2.33. The monoisotopic (exact) mass is 464 g/mol. The molecule has 0 bridgehead atoms. The molecule has 162 valence electrons. The molecule has 0 aliphatic carbocycles. The fourth-order valence-corrected chi connectivity index (χ4v) is 3.34. The number of rotatable bonds is 4. The van der Waals surface area contributed by atoms with Gasteiger partial charge in [0.2, 0.25) is 16.1 Å². The molecule has 0 spiro atoms. The van der Waals surface area contributed by atoms with Crippen LogP contribution in [0.5, 0.6) is 0 Å². The number of nitrogens with two attached hydrogens (primary N) is 1. The SMILES string of the molecule is C[C@]1(c2cc(CC(=O)c3nsc(Cl)n3)ccc2F)N=C(N)COCC1(F)F.O=CO. The number of hydrogen-bond donors (Lipinski definition) is 2. The van der Waals surface area contributed by atoms with Crippen molar-refractivity contribution < 1.29 is 32.6 Å². The highest BCUT2D eigenvalue weighted by Gasteiger charge is 2.54. The second-order valence-electron chi connectivity index (χ2n) is 6.26. The van der Waals surface area contributed by atoms with Crippen LogP contribution in [0.4, 0.5) is 13.2 Å². The molecule has 1 atom stereocenters. The molecule has 3 rings (SSSR count). The van der Waals surface area contributed by atoms with Crippen LogP contribution in [-0.2, 0) is 21.5 Å². The number of aliphatic imine (C=N–C) groups is 1. The van der Waals surface area contributed by atoms with Gasteiger partial charge >= 0.3 is 0 Å². The highest BCUT2D eigenvalue weighted by Crippen LogP contribution is 2.43. The van der Waals surface area contributed by atoms with Crippen molar-refractivity contribution in [2.75, 3.05) is 13.2 Å². The van der Waals surface area contributed by atoms with Gasteiger partial charge in [-0.2, -0.15) is 4.37 Å². The van der Waals surface area contributed by atoms with E-state index >= 15 is 0 Å². The van der Waals surface area contributed by atoms with Gasteiger partial charge in [0.05, 0.1) is 0 Å². The number of benzene rings is 1. The molecule has 1 aromatic heterocycles. The summed E-state index contributed by atoms with van der Waals surface area (Å²) in [6.45, 7) is -0.404. The molecule has 3 N–H and O–H groups in total. The summed E-state index contributed by atoms with van der Waals surface area (Å²) in [4.78, 5) is 28.2. The van der Waals surface area contributed by atoms with Crippen LogP contribution in [0.3, 0.4) is 0 Å². The van der Waals surface area contributed by atoms with Crippen LogP contribution in [0.2, 0.25) is 4.47 Å². The Morgan fingerprint density at radius 2 is 2.13 bits per heavy atom. The zero-order chi connectivity index (χ0) is 22.5. The van der Waals surface area contributed by atoms with Crippen molar-refractivity contribution in [2.24, 2.45) is 10.7 Å². The van der Waals surface area contributed by atoms with Gasteiger partial charge in [0.1, 0.15) is 24.9 Å². The summed E-state index contributed by atoms with van der Waals surface area (Å²) < 4.78 is 52.5. The maximum Gasteiger partial charge on any atom is 0.299 e. The molecular formula is C17H16ClF3N4O4S. The Balaban J connectivity index is 0.00000101. The molecule has 13 heteroatoms. The number of carbonyl (C=O) groups excluding carboxylic acids is 1. The molecule has 30 heavy (non-hydrogen) atoms. The molecule has 1 aliphatic rings. The molecule has 0 saturated heterocycles. The minimum atomic E-state index is -3.51. The van der Waals surface area contributed by atoms with Gasteiger partial charge in [-0.1, -0.05) is 6.07 Å². The zero-order valence-electron chi connectivity index (χ0n) is 15.4. The summed E-state index contributed by atoms with van der Waals surface area (Å²) in [7, 11) is 0. The van der Waals surface area contributed by atoms with E-state index in [1.807, 2.05) is 0 Å². The second-order valence-corrected chi connectivity index (χ2v) is 7.60. The Morgan fingerprint density at radius 1 is 1.47 bits per heavy atom. The second kappa shape index (κ2) is 9.49. The van der Waals surface area contributed by atoms with Crippen LogP contribution < -0.4 is 5.73 Å². The largest absolute Gasteiger partial charge is 0.483 e. The third-order valence-electron chi connectivity index (χ3n) is 4.18.